The average molecular weight is 255 g/mol. The van der Waals surface area contributed by atoms with Gasteiger partial charge in [-0.15, -0.1) is 0 Å². The molecule has 13 heavy (non-hydrogen) atoms. The highest BCUT2D eigenvalue weighted by atomic mass is 79.9. The van der Waals surface area contributed by atoms with E-state index in [1.165, 1.54) is 0 Å². The van der Waals surface area contributed by atoms with E-state index in [9.17, 15) is 0 Å². The van der Waals surface area contributed by atoms with E-state index in [0.717, 1.165) is 16.7 Å². The standard InChI is InChI=1S/C9H7BrN2S/c10-7-1-3-8(4-2-7)12-6-5-11-9(12)13/h1-5H,6H2. The first kappa shape index (κ1) is 8.84. The predicted molar refractivity (Wildman–Crippen MR) is 62.6 cm³/mol. The predicted octanol–water partition coefficient (Wildman–Crippen LogP) is 2.62. The molecule has 1 aromatic rings. The molecule has 2 rings (SSSR count). The van der Waals surface area contributed by atoms with Crippen LogP contribution in [0.2, 0.25) is 0 Å². The van der Waals surface area contributed by atoms with E-state index < -0.39 is 0 Å². The summed E-state index contributed by atoms with van der Waals surface area (Å²) < 4.78 is 1.07. The van der Waals surface area contributed by atoms with Gasteiger partial charge in [-0.25, -0.2) is 4.99 Å². The molecule has 0 saturated carbocycles. The van der Waals surface area contributed by atoms with Gasteiger partial charge in [0.05, 0.1) is 6.54 Å². The molecule has 0 amide bonds. The van der Waals surface area contributed by atoms with Crippen LogP contribution in [-0.4, -0.2) is 17.9 Å². The van der Waals surface area contributed by atoms with E-state index in [2.05, 4.69) is 20.9 Å². The number of anilines is 1. The normalized spacial score (nSPS) is 15.5. The van der Waals surface area contributed by atoms with E-state index in [1.807, 2.05) is 35.4 Å². The van der Waals surface area contributed by atoms with Crippen molar-refractivity contribution >= 4 is 45.2 Å². The van der Waals surface area contributed by atoms with E-state index in [4.69, 9.17) is 12.2 Å². The van der Waals surface area contributed by atoms with Crippen molar-refractivity contribution in [3.05, 3.63) is 28.7 Å². The monoisotopic (exact) mass is 254 g/mol. The van der Waals surface area contributed by atoms with E-state index in [0.29, 0.717) is 5.11 Å². The Morgan fingerprint density at radius 2 is 2.00 bits per heavy atom. The lowest BCUT2D eigenvalue weighted by Crippen LogP contribution is -2.23. The third-order valence-electron chi connectivity index (χ3n) is 1.84. The van der Waals surface area contributed by atoms with Crippen molar-refractivity contribution in [1.82, 2.24) is 0 Å². The number of nitrogens with zero attached hydrogens (tertiary/aromatic N) is 2. The largest absolute Gasteiger partial charge is 0.312 e. The highest BCUT2D eigenvalue weighted by Gasteiger charge is 2.13. The van der Waals surface area contributed by atoms with Crippen LogP contribution in [0.5, 0.6) is 0 Å². The van der Waals surface area contributed by atoms with Crippen LogP contribution in [0.15, 0.2) is 33.7 Å². The Kier molecular flexibility index (Phi) is 2.42. The number of hydrogen-bond acceptors (Lipinski definition) is 1. The van der Waals surface area contributed by atoms with Crippen LogP contribution in [0.3, 0.4) is 0 Å². The fourth-order valence-electron chi connectivity index (χ4n) is 1.19. The van der Waals surface area contributed by atoms with Crippen molar-refractivity contribution in [3.8, 4) is 0 Å². The molecule has 1 aliphatic heterocycles. The Morgan fingerprint density at radius 1 is 1.31 bits per heavy atom. The summed E-state index contributed by atoms with van der Waals surface area (Å²) in [5.41, 5.74) is 1.09. The van der Waals surface area contributed by atoms with Gasteiger partial charge in [-0.3, -0.25) is 0 Å². The number of thiocarbonyl (C=S) groups is 1. The fourth-order valence-corrected chi connectivity index (χ4v) is 1.70. The molecule has 1 aliphatic rings. The second-order valence-electron chi connectivity index (χ2n) is 2.68. The van der Waals surface area contributed by atoms with Gasteiger partial charge in [0.15, 0.2) is 5.11 Å². The summed E-state index contributed by atoms with van der Waals surface area (Å²) in [6.45, 7) is 0.778. The number of benzene rings is 1. The molecule has 0 atom stereocenters. The molecule has 1 aromatic carbocycles. The summed E-state index contributed by atoms with van der Waals surface area (Å²) in [4.78, 5) is 6.02. The van der Waals surface area contributed by atoms with E-state index >= 15 is 0 Å². The van der Waals surface area contributed by atoms with Gasteiger partial charge in [-0.1, -0.05) is 15.9 Å². The molecule has 0 aromatic heterocycles. The highest BCUT2D eigenvalue weighted by molar-refractivity contribution is 9.10. The molecule has 1 heterocycles. The summed E-state index contributed by atoms with van der Waals surface area (Å²) in [7, 11) is 0. The average Bonchev–Trinajstić information content (AvgIpc) is 2.53. The zero-order valence-corrected chi connectivity index (χ0v) is 9.18. The summed E-state index contributed by atoms with van der Waals surface area (Å²) in [5.74, 6) is 0. The van der Waals surface area contributed by atoms with Crippen LogP contribution in [0.4, 0.5) is 5.69 Å². The van der Waals surface area contributed by atoms with Gasteiger partial charge >= 0.3 is 0 Å². The maximum absolute atomic E-state index is 5.07. The van der Waals surface area contributed by atoms with Crippen molar-refractivity contribution in [2.24, 2.45) is 4.99 Å². The Bertz CT molecular complexity index is 358. The van der Waals surface area contributed by atoms with E-state index in [1.54, 1.807) is 0 Å². The first-order chi connectivity index (χ1) is 6.27. The summed E-state index contributed by atoms with van der Waals surface area (Å²) in [6.07, 6.45) is 1.82. The van der Waals surface area contributed by atoms with Crippen molar-refractivity contribution in [2.75, 3.05) is 11.4 Å². The van der Waals surface area contributed by atoms with Crippen LogP contribution in [0.1, 0.15) is 0 Å². The molecule has 4 heteroatoms. The molecular formula is C9H7BrN2S. The highest BCUT2D eigenvalue weighted by Crippen LogP contribution is 2.20. The Balaban J connectivity index is 2.26. The van der Waals surface area contributed by atoms with Crippen molar-refractivity contribution in [1.29, 1.82) is 0 Å². The van der Waals surface area contributed by atoms with Crippen LogP contribution in [0, 0.1) is 0 Å². The van der Waals surface area contributed by atoms with E-state index in [-0.39, 0.29) is 0 Å². The summed E-state index contributed by atoms with van der Waals surface area (Å²) in [5, 5.41) is 0.641. The van der Waals surface area contributed by atoms with Gasteiger partial charge in [0, 0.05) is 16.4 Å². The second kappa shape index (κ2) is 3.55. The van der Waals surface area contributed by atoms with Crippen molar-refractivity contribution in [3.63, 3.8) is 0 Å². The lowest BCUT2D eigenvalue weighted by molar-refractivity contribution is 1.24. The topological polar surface area (TPSA) is 15.6 Å². The van der Waals surface area contributed by atoms with Gasteiger partial charge in [0.2, 0.25) is 0 Å². The summed E-state index contributed by atoms with van der Waals surface area (Å²) >= 11 is 8.46. The Morgan fingerprint density at radius 3 is 2.54 bits per heavy atom. The first-order valence-electron chi connectivity index (χ1n) is 3.87. The molecule has 0 saturated heterocycles. The molecule has 0 spiro atoms. The first-order valence-corrected chi connectivity index (χ1v) is 5.07. The van der Waals surface area contributed by atoms with Crippen LogP contribution in [-0.2, 0) is 0 Å². The Hall–Kier alpha value is -0.740. The van der Waals surface area contributed by atoms with Gasteiger partial charge in [0.1, 0.15) is 0 Å². The van der Waals surface area contributed by atoms with Crippen LogP contribution < -0.4 is 4.90 Å². The zero-order valence-electron chi connectivity index (χ0n) is 6.77. The molecule has 0 bridgehead atoms. The minimum Gasteiger partial charge on any atom is -0.312 e. The van der Waals surface area contributed by atoms with Gasteiger partial charge in [0.25, 0.3) is 0 Å². The molecule has 0 N–H and O–H groups in total. The fraction of sp³-hybridized carbons (Fsp3) is 0.111. The van der Waals surface area contributed by atoms with Crippen LogP contribution >= 0.6 is 28.1 Å². The third kappa shape index (κ3) is 1.78. The lowest BCUT2D eigenvalue weighted by atomic mass is 10.3. The van der Waals surface area contributed by atoms with Crippen molar-refractivity contribution < 1.29 is 0 Å². The minimum absolute atomic E-state index is 0.641. The lowest BCUT2D eigenvalue weighted by Gasteiger charge is -2.15. The second-order valence-corrected chi connectivity index (χ2v) is 3.96. The molecule has 0 aliphatic carbocycles. The molecule has 66 valence electrons. The minimum atomic E-state index is 0.641. The van der Waals surface area contributed by atoms with Crippen molar-refractivity contribution in [2.45, 2.75) is 0 Å². The number of aliphatic imine (C=N–C) groups is 1. The number of rotatable bonds is 1. The molecule has 0 fully saturated rings. The smallest absolute Gasteiger partial charge is 0.199 e. The zero-order chi connectivity index (χ0) is 9.26. The SMILES string of the molecule is S=C1N=CCN1c1ccc(Br)cc1. The van der Waals surface area contributed by atoms with Gasteiger partial charge < -0.3 is 4.90 Å². The number of hydrogen-bond donors (Lipinski definition) is 0. The maximum atomic E-state index is 5.07. The third-order valence-corrected chi connectivity index (χ3v) is 2.69. The quantitative estimate of drug-likeness (QED) is 0.717. The molecular weight excluding hydrogens is 248 g/mol. The van der Waals surface area contributed by atoms with Crippen LogP contribution in [0.25, 0.3) is 0 Å². The maximum Gasteiger partial charge on any atom is 0.199 e. The molecule has 0 unspecified atom stereocenters. The molecule has 0 radical (unpaired) electrons. The van der Waals surface area contributed by atoms with Gasteiger partial charge in [-0.05, 0) is 36.5 Å². The molecule has 2 nitrogen and oxygen atoms in total. The summed E-state index contributed by atoms with van der Waals surface area (Å²) in [6, 6.07) is 8.03. The Labute approximate surface area is 90.4 Å². The van der Waals surface area contributed by atoms with Gasteiger partial charge in [-0.2, -0.15) is 0 Å². The number of halogens is 1.